The standard InChI is InChI=1S/C36H41N7O2/c1-7-29-22-43(21-27-18-38-16-14-32(27)45-29)20-26-17-25(11-10-23(26)2)33(30-12-13-31-34(24(30)3)40-41-42(31)6)36(4,5)35(44)39-28-9-8-15-37-19-28/h8-19,29,33H,7,20-22H2,1-6H3,(H,39,44). The predicted octanol–water partition coefficient (Wildman–Crippen LogP) is 6.35. The summed E-state index contributed by atoms with van der Waals surface area (Å²) in [4.78, 5) is 25.1. The van der Waals surface area contributed by atoms with Crippen LogP contribution in [0.1, 0.15) is 66.5 Å². The van der Waals surface area contributed by atoms with Crippen LogP contribution >= 0.6 is 0 Å². The van der Waals surface area contributed by atoms with E-state index >= 15 is 0 Å². The van der Waals surface area contributed by atoms with Crippen LogP contribution < -0.4 is 10.1 Å². The number of nitrogens with one attached hydrogen (secondary N) is 1. The molecule has 2 unspecified atom stereocenters. The van der Waals surface area contributed by atoms with E-state index in [0.29, 0.717) is 5.69 Å². The second-order valence-corrected chi connectivity index (χ2v) is 12.7. The zero-order chi connectivity index (χ0) is 31.7. The molecule has 0 saturated carbocycles. The molecule has 0 aliphatic carbocycles. The van der Waals surface area contributed by atoms with Crippen molar-refractivity contribution in [1.82, 2.24) is 29.9 Å². The first-order valence-corrected chi connectivity index (χ1v) is 15.6. The minimum atomic E-state index is -0.836. The average Bonchev–Trinajstić information content (AvgIpc) is 3.31. The highest BCUT2D eigenvalue weighted by Gasteiger charge is 2.40. The lowest BCUT2D eigenvalue weighted by Crippen LogP contribution is -2.37. The van der Waals surface area contributed by atoms with Gasteiger partial charge in [0.05, 0.1) is 22.8 Å². The van der Waals surface area contributed by atoms with Crippen molar-refractivity contribution >= 4 is 22.6 Å². The molecular formula is C36H41N7O2. The summed E-state index contributed by atoms with van der Waals surface area (Å²) in [7, 11) is 1.90. The summed E-state index contributed by atoms with van der Waals surface area (Å²) in [5.41, 5.74) is 8.32. The fraction of sp³-hybridized carbons (Fsp3) is 0.361. The van der Waals surface area contributed by atoms with Gasteiger partial charge in [-0.15, -0.1) is 5.10 Å². The topological polar surface area (TPSA) is 98.1 Å². The van der Waals surface area contributed by atoms with E-state index in [1.54, 1.807) is 23.3 Å². The number of rotatable bonds is 8. The molecule has 1 amide bonds. The van der Waals surface area contributed by atoms with E-state index in [1.807, 2.05) is 45.3 Å². The third kappa shape index (κ3) is 6.04. The Morgan fingerprint density at radius 1 is 1.09 bits per heavy atom. The van der Waals surface area contributed by atoms with Gasteiger partial charge in [0, 0.05) is 56.8 Å². The Hall–Kier alpha value is -4.63. The van der Waals surface area contributed by atoms with Gasteiger partial charge in [-0.25, -0.2) is 4.68 Å². The van der Waals surface area contributed by atoms with Crippen molar-refractivity contribution in [2.24, 2.45) is 12.5 Å². The Kier molecular flexibility index (Phi) is 8.38. The molecule has 0 bridgehead atoms. The number of aryl methyl sites for hydroxylation is 3. The highest BCUT2D eigenvalue weighted by Crippen LogP contribution is 2.44. The number of pyridine rings is 2. The van der Waals surface area contributed by atoms with Crippen LogP contribution in [-0.4, -0.2) is 48.4 Å². The number of hydrogen-bond donors (Lipinski definition) is 1. The van der Waals surface area contributed by atoms with E-state index in [-0.39, 0.29) is 17.9 Å². The zero-order valence-corrected chi connectivity index (χ0v) is 26.9. The lowest BCUT2D eigenvalue weighted by Gasteiger charge is -2.35. The molecule has 232 valence electrons. The maximum absolute atomic E-state index is 14.1. The van der Waals surface area contributed by atoms with Gasteiger partial charge in [-0.2, -0.15) is 0 Å². The van der Waals surface area contributed by atoms with Crippen LogP contribution in [0.2, 0.25) is 0 Å². The van der Waals surface area contributed by atoms with Gasteiger partial charge in [0.1, 0.15) is 17.4 Å². The number of hydrogen-bond acceptors (Lipinski definition) is 7. The Balaban J connectivity index is 1.41. The van der Waals surface area contributed by atoms with Gasteiger partial charge in [0.25, 0.3) is 0 Å². The van der Waals surface area contributed by atoms with Crippen molar-refractivity contribution in [3.8, 4) is 5.75 Å². The third-order valence-corrected chi connectivity index (χ3v) is 9.18. The van der Waals surface area contributed by atoms with E-state index in [0.717, 1.165) is 65.1 Å². The lowest BCUT2D eigenvalue weighted by molar-refractivity contribution is -0.124. The minimum Gasteiger partial charge on any atom is -0.489 e. The highest BCUT2D eigenvalue weighted by molar-refractivity contribution is 5.96. The van der Waals surface area contributed by atoms with Crippen molar-refractivity contribution in [2.75, 3.05) is 11.9 Å². The number of nitrogens with zero attached hydrogens (tertiary/aromatic N) is 6. The van der Waals surface area contributed by atoms with Crippen molar-refractivity contribution in [3.05, 3.63) is 107 Å². The number of benzene rings is 2. The zero-order valence-electron chi connectivity index (χ0n) is 26.9. The van der Waals surface area contributed by atoms with Gasteiger partial charge in [-0.3, -0.25) is 19.7 Å². The maximum atomic E-state index is 14.1. The van der Waals surface area contributed by atoms with Crippen molar-refractivity contribution in [1.29, 1.82) is 0 Å². The quantitative estimate of drug-likeness (QED) is 0.221. The smallest absolute Gasteiger partial charge is 0.231 e. The summed E-state index contributed by atoms with van der Waals surface area (Å²) < 4.78 is 8.14. The molecule has 45 heavy (non-hydrogen) atoms. The molecule has 0 fully saturated rings. The second kappa shape index (κ2) is 12.4. The summed E-state index contributed by atoms with van der Waals surface area (Å²) in [6.07, 6.45) is 8.10. The summed E-state index contributed by atoms with van der Waals surface area (Å²) >= 11 is 0. The molecule has 0 radical (unpaired) electrons. The SMILES string of the molecule is CCC1CN(Cc2cc(C(c3ccc4c(nnn4C)c3C)C(C)(C)C(=O)Nc3cccnc3)ccc2C)Cc2cnccc2O1. The molecule has 1 N–H and O–H groups in total. The Morgan fingerprint density at radius 2 is 1.91 bits per heavy atom. The summed E-state index contributed by atoms with van der Waals surface area (Å²) in [6, 6.07) is 16.5. The van der Waals surface area contributed by atoms with Crippen LogP contribution in [-0.2, 0) is 24.9 Å². The molecule has 6 rings (SSSR count). The van der Waals surface area contributed by atoms with Gasteiger partial charge < -0.3 is 10.1 Å². The Labute approximate surface area is 264 Å². The number of amides is 1. The van der Waals surface area contributed by atoms with Crippen molar-refractivity contribution in [3.63, 3.8) is 0 Å². The van der Waals surface area contributed by atoms with Crippen LogP contribution in [0.25, 0.3) is 11.0 Å². The average molecular weight is 604 g/mol. The van der Waals surface area contributed by atoms with Crippen LogP contribution in [0.15, 0.2) is 73.3 Å². The summed E-state index contributed by atoms with van der Waals surface area (Å²) in [5.74, 6) is 0.572. The monoisotopic (exact) mass is 603 g/mol. The molecule has 2 atom stereocenters. The van der Waals surface area contributed by atoms with E-state index in [2.05, 4.69) is 81.6 Å². The largest absolute Gasteiger partial charge is 0.489 e. The van der Waals surface area contributed by atoms with Gasteiger partial charge in [-0.05, 0) is 72.4 Å². The summed E-state index contributed by atoms with van der Waals surface area (Å²) in [6.45, 7) is 12.8. The van der Waals surface area contributed by atoms with Crippen LogP contribution in [0.5, 0.6) is 5.75 Å². The predicted molar refractivity (Wildman–Crippen MR) is 176 cm³/mol. The fourth-order valence-corrected chi connectivity index (χ4v) is 6.48. The summed E-state index contributed by atoms with van der Waals surface area (Å²) in [5, 5.41) is 11.9. The number of fused-ring (bicyclic) bond motifs is 2. The molecule has 1 aliphatic heterocycles. The maximum Gasteiger partial charge on any atom is 0.231 e. The lowest BCUT2D eigenvalue weighted by atomic mass is 9.69. The molecule has 1 aliphatic rings. The van der Waals surface area contributed by atoms with Gasteiger partial charge in [0.2, 0.25) is 5.91 Å². The van der Waals surface area contributed by atoms with Crippen LogP contribution in [0, 0.1) is 19.3 Å². The molecule has 2 aromatic carbocycles. The van der Waals surface area contributed by atoms with Gasteiger partial charge in [-0.1, -0.05) is 50.3 Å². The van der Waals surface area contributed by atoms with Crippen LogP contribution in [0.3, 0.4) is 0 Å². The first kappa shape index (κ1) is 30.4. The van der Waals surface area contributed by atoms with E-state index in [4.69, 9.17) is 4.74 Å². The number of anilines is 1. The normalized spacial score (nSPS) is 16.1. The molecule has 0 saturated heterocycles. The number of aromatic nitrogens is 5. The molecule has 3 aromatic heterocycles. The second-order valence-electron chi connectivity index (χ2n) is 12.7. The molecule has 4 heterocycles. The molecule has 0 spiro atoms. The molecular weight excluding hydrogens is 562 g/mol. The highest BCUT2D eigenvalue weighted by atomic mass is 16.5. The van der Waals surface area contributed by atoms with E-state index in [1.165, 1.54) is 11.1 Å². The van der Waals surface area contributed by atoms with E-state index < -0.39 is 5.41 Å². The van der Waals surface area contributed by atoms with Gasteiger partial charge in [0.15, 0.2) is 0 Å². The Morgan fingerprint density at radius 3 is 2.69 bits per heavy atom. The molecule has 9 nitrogen and oxygen atoms in total. The van der Waals surface area contributed by atoms with Crippen LogP contribution in [0.4, 0.5) is 5.69 Å². The minimum absolute atomic E-state index is 0.0826. The van der Waals surface area contributed by atoms with E-state index in [9.17, 15) is 4.79 Å². The number of carbonyl (C=O) groups is 1. The first-order valence-electron chi connectivity index (χ1n) is 15.6. The number of ether oxygens (including phenoxy) is 1. The van der Waals surface area contributed by atoms with Crippen molar-refractivity contribution in [2.45, 2.75) is 66.2 Å². The third-order valence-electron chi connectivity index (χ3n) is 9.18. The van der Waals surface area contributed by atoms with Crippen molar-refractivity contribution < 1.29 is 9.53 Å². The molecule has 9 heteroatoms. The Bertz CT molecular complexity index is 1830. The first-order chi connectivity index (χ1) is 21.7. The van der Waals surface area contributed by atoms with Gasteiger partial charge >= 0.3 is 0 Å². The fourth-order valence-electron chi connectivity index (χ4n) is 6.48. The number of carbonyl (C=O) groups excluding carboxylic acids is 1. The molecule has 5 aromatic rings.